The van der Waals surface area contributed by atoms with Gasteiger partial charge in [-0.25, -0.2) is 9.59 Å². The van der Waals surface area contributed by atoms with Gasteiger partial charge < -0.3 is 24.8 Å². The van der Waals surface area contributed by atoms with Crippen LogP contribution in [0.3, 0.4) is 0 Å². The highest BCUT2D eigenvalue weighted by molar-refractivity contribution is 5.85. The molecule has 0 radical (unpaired) electrons. The van der Waals surface area contributed by atoms with Crippen molar-refractivity contribution in [1.29, 1.82) is 0 Å². The van der Waals surface area contributed by atoms with Crippen molar-refractivity contribution in [2.45, 2.75) is 51.5 Å². The molecule has 0 unspecified atom stereocenters. The highest BCUT2D eigenvalue weighted by Gasteiger charge is 2.37. The Morgan fingerprint density at radius 1 is 1.27 bits per heavy atom. The van der Waals surface area contributed by atoms with Crippen molar-refractivity contribution in [3.63, 3.8) is 0 Å². The van der Waals surface area contributed by atoms with E-state index in [-0.39, 0.29) is 44.2 Å². The molecule has 0 aliphatic carbocycles. The van der Waals surface area contributed by atoms with Gasteiger partial charge in [0.1, 0.15) is 12.2 Å². The van der Waals surface area contributed by atoms with E-state index in [9.17, 15) is 14.7 Å². The van der Waals surface area contributed by atoms with Gasteiger partial charge in [-0.1, -0.05) is 30.3 Å². The van der Waals surface area contributed by atoms with Gasteiger partial charge in [0, 0.05) is 6.54 Å². The van der Waals surface area contributed by atoms with Crippen LogP contribution >= 0.6 is 12.4 Å². The molecule has 0 bridgehead atoms. The van der Waals surface area contributed by atoms with E-state index < -0.39 is 17.8 Å². The molecular formula is C18H27ClN2O5. The molecule has 2 atom stereocenters. The van der Waals surface area contributed by atoms with Crippen LogP contribution in [0, 0.1) is 0 Å². The number of hydrogen-bond acceptors (Lipinski definition) is 5. The third-order valence-electron chi connectivity index (χ3n) is 3.79. The number of aliphatic hydroxyl groups is 1. The van der Waals surface area contributed by atoms with Gasteiger partial charge in [-0.05, 0) is 32.8 Å². The number of benzene rings is 1. The van der Waals surface area contributed by atoms with Crippen LogP contribution in [-0.2, 0) is 16.1 Å². The first kappa shape index (κ1) is 22.1. The van der Waals surface area contributed by atoms with Crippen molar-refractivity contribution in [3.8, 4) is 0 Å². The maximum absolute atomic E-state index is 12.2. The van der Waals surface area contributed by atoms with Crippen LogP contribution in [0.5, 0.6) is 0 Å². The number of nitrogens with one attached hydrogen (secondary N) is 1. The first-order valence-corrected chi connectivity index (χ1v) is 8.36. The number of halogens is 1. The highest BCUT2D eigenvalue weighted by atomic mass is 35.5. The van der Waals surface area contributed by atoms with Crippen LogP contribution < -0.4 is 5.32 Å². The molecule has 26 heavy (non-hydrogen) atoms. The van der Waals surface area contributed by atoms with E-state index in [1.165, 1.54) is 4.90 Å². The Bertz CT molecular complexity index is 591. The zero-order valence-electron chi connectivity index (χ0n) is 15.3. The second-order valence-electron chi connectivity index (χ2n) is 7.11. The number of likely N-dealkylation sites (tertiary alicyclic amines) is 1. The summed E-state index contributed by atoms with van der Waals surface area (Å²) in [6.07, 6.45) is -0.582. The minimum atomic E-state index is -0.614. The number of ether oxygens (including phenoxy) is 2. The second kappa shape index (κ2) is 9.64. The number of alkyl carbamates (subject to hydrolysis) is 1. The second-order valence-corrected chi connectivity index (χ2v) is 7.11. The fourth-order valence-electron chi connectivity index (χ4n) is 2.67. The molecule has 2 amide bonds. The number of rotatable bonds is 4. The molecule has 1 aliphatic rings. The van der Waals surface area contributed by atoms with E-state index in [2.05, 4.69) is 5.32 Å². The molecule has 2 rings (SSSR count). The van der Waals surface area contributed by atoms with Crippen molar-refractivity contribution in [1.82, 2.24) is 10.2 Å². The molecule has 1 aromatic rings. The molecule has 0 spiro atoms. The lowest BCUT2D eigenvalue weighted by molar-refractivity contribution is 0.0173. The number of aliphatic hydroxyl groups excluding tert-OH is 1. The van der Waals surface area contributed by atoms with E-state index in [0.717, 1.165) is 5.56 Å². The fraction of sp³-hybridized carbons (Fsp3) is 0.556. The van der Waals surface area contributed by atoms with Crippen LogP contribution in [0.2, 0.25) is 0 Å². The van der Waals surface area contributed by atoms with Gasteiger partial charge in [-0.15, -0.1) is 12.4 Å². The van der Waals surface area contributed by atoms with E-state index in [4.69, 9.17) is 9.47 Å². The summed E-state index contributed by atoms with van der Waals surface area (Å²) in [7, 11) is 0. The number of carbonyl (C=O) groups is 2. The van der Waals surface area contributed by atoms with Crippen molar-refractivity contribution in [2.24, 2.45) is 0 Å². The monoisotopic (exact) mass is 386 g/mol. The summed E-state index contributed by atoms with van der Waals surface area (Å²) >= 11 is 0. The maximum Gasteiger partial charge on any atom is 0.410 e. The molecule has 1 aromatic carbocycles. The Morgan fingerprint density at radius 2 is 1.92 bits per heavy atom. The molecule has 7 nitrogen and oxygen atoms in total. The standard InChI is InChI=1S/C18H26N2O5.ClH/c1-18(2,3)25-17(23)20-10-14(9-15(20)11-21)19-16(22)24-12-13-7-5-4-6-8-13;/h4-8,14-15,21H,9-12H2,1-3H3,(H,19,22);1H/t14-,15+;/m0./s1. The van der Waals surface area contributed by atoms with E-state index in [1.54, 1.807) is 20.8 Å². The third-order valence-corrected chi connectivity index (χ3v) is 3.79. The van der Waals surface area contributed by atoms with Crippen LogP contribution in [0.25, 0.3) is 0 Å². The van der Waals surface area contributed by atoms with E-state index in [1.807, 2.05) is 30.3 Å². The number of nitrogens with zero attached hydrogens (tertiary/aromatic N) is 1. The van der Waals surface area contributed by atoms with Crippen molar-refractivity contribution in [3.05, 3.63) is 35.9 Å². The maximum atomic E-state index is 12.2. The summed E-state index contributed by atoms with van der Waals surface area (Å²) < 4.78 is 10.5. The van der Waals surface area contributed by atoms with Crippen molar-refractivity contribution >= 4 is 24.6 Å². The summed E-state index contributed by atoms with van der Waals surface area (Å²) in [5.41, 5.74) is 0.282. The molecular weight excluding hydrogens is 360 g/mol. The topological polar surface area (TPSA) is 88.1 Å². The predicted octanol–water partition coefficient (Wildman–Crippen LogP) is 2.70. The molecule has 1 fully saturated rings. The van der Waals surface area contributed by atoms with Gasteiger partial charge in [0.2, 0.25) is 0 Å². The predicted molar refractivity (Wildman–Crippen MR) is 99.2 cm³/mol. The summed E-state index contributed by atoms with van der Waals surface area (Å²) in [5.74, 6) is 0. The minimum absolute atomic E-state index is 0. The summed E-state index contributed by atoms with van der Waals surface area (Å²) in [6.45, 7) is 5.62. The Labute approximate surface area is 160 Å². The van der Waals surface area contributed by atoms with Crippen LogP contribution in [0.4, 0.5) is 9.59 Å². The zero-order valence-corrected chi connectivity index (χ0v) is 16.1. The van der Waals surface area contributed by atoms with Gasteiger partial charge in [-0.2, -0.15) is 0 Å². The van der Waals surface area contributed by atoms with Gasteiger partial charge in [0.15, 0.2) is 0 Å². The average molecular weight is 387 g/mol. The fourth-order valence-corrected chi connectivity index (χ4v) is 2.67. The molecule has 8 heteroatoms. The lowest BCUT2D eigenvalue weighted by Gasteiger charge is -2.27. The van der Waals surface area contributed by atoms with Gasteiger partial charge in [0.25, 0.3) is 0 Å². The van der Waals surface area contributed by atoms with E-state index in [0.29, 0.717) is 6.42 Å². The van der Waals surface area contributed by atoms with E-state index >= 15 is 0 Å². The molecule has 1 saturated heterocycles. The summed E-state index contributed by atoms with van der Waals surface area (Å²) in [4.78, 5) is 25.6. The van der Waals surface area contributed by atoms with Crippen molar-refractivity contribution in [2.75, 3.05) is 13.2 Å². The highest BCUT2D eigenvalue weighted by Crippen LogP contribution is 2.21. The van der Waals surface area contributed by atoms with Crippen LogP contribution in [-0.4, -0.2) is 53.0 Å². The Kier molecular flexibility index (Phi) is 8.17. The van der Waals surface area contributed by atoms with Gasteiger partial charge in [0.05, 0.1) is 18.7 Å². The summed E-state index contributed by atoms with van der Waals surface area (Å²) in [5, 5.41) is 12.2. The van der Waals surface area contributed by atoms with Crippen LogP contribution in [0.15, 0.2) is 30.3 Å². The molecule has 1 aliphatic heterocycles. The van der Waals surface area contributed by atoms with Gasteiger partial charge in [-0.3, -0.25) is 0 Å². The third kappa shape index (κ3) is 6.72. The Morgan fingerprint density at radius 3 is 2.50 bits per heavy atom. The molecule has 1 heterocycles. The molecule has 0 aromatic heterocycles. The lowest BCUT2D eigenvalue weighted by Crippen LogP contribution is -2.42. The lowest BCUT2D eigenvalue weighted by atomic mass is 10.2. The molecule has 146 valence electrons. The minimum Gasteiger partial charge on any atom is -0.445 e. The van der Waals surface area contributed by atoms with Gasteiger partial charge >= 0.3 is 12.2 Å². The number of hydrogen-bond donors (Lipinski definition) is 2. The number of amides is 2. The first-order chi connectivity index (χ1) is 11.8. The van der Waals surface area contributed by atoms with Crippen molar-refractivity contribution < 1.29 is 24.2 Å². The Balaban J connectivity index is 0.00000338. The number of carbonyl (C=O) groups excluding carboxylic acids is 2. The first-order valence-electron chi connectivity index (χ1n) is 8.36. The average Bonchev–Trinajstić information content (AvgIpc) is 2.95. The smallest absolute Gasteiger partial charge is 0.410 e. The largest absolute Gasteiger partial charge is 0.445 e. The Hall–Kier alpha value is -1.99. The zero-order chi connectivity index (χ0) is 18.4. The summed E-state index contributed by atoms with van der Waals surface area (Å²) in [6, 6.07) is 8.71. The molecule has 0 saturated carbocycles. The molecule has 2 N–H and O–H groups in total. The quantitative estimate of drug-likeness (QED) is 0.830. The SMILES string of the molecule is CC(C)(C)OC(=O)N1C[C@@H](NC(=O)OCc2ccccc2)C[C@@H]1CO.Cl. The normalized spacial score (nSPS) is 19.5. The van der Waals surface area contributed by atoms with Crippen LogP contribution in [0.1, 0.15) is 32.8 Å².